The van der Waals surface area contributed by atoms with E-state index in [4.69, 9.17) is 4.74 Å². The lowest BCUT2D eigenvalue weighted by Gasteiger charge is -2.42. The van der Waals surface area contributed by atoms with Gasteiger partial charge in [0.15, 0.2) is 5.96 Å². The lowest BCUT2D eigenvalue weighted by Crippen LogP contribution is -2.47. The van der Waals surface area contributed by atoms with Crippen molar-refractivity contribution in [3.63, 3.8) is 0 Å². The number of nitrogens with one attached hydrogen (secondary N) is 3. The molecule has 2 fully saturated rings. The number of methoxy groups -OCH3 is 1. The molecule has 2 rings (SSSR count). The topological polar surface area (TPSA) is 74.8 Å². The monoisotopic (exact) mass is 452 g/mol. The molecule has 140 valence electrons. The van der Waals surface area contributed by atoms with Gasteiger partial charge < -0.3 is 20.7 Å². The largest absolute Gasteiger partial charge is 0.385 e. The zero-order valence-electron chi connectivity index (χ0n) is 15.0. The van der Waals surface area contributed by atoms with Gasteiger partial charge in [0.05, 0.1) is 0 Å². The first kappa shape index (κ1) is 21.5. The van der Waals surface area contributed by atoms with E-state index in [2.05, 4.69) is 20.9 Å². The van der Waals surface area contributed by atoms with Crippen LogP contribution in [-0.4, -0.2) is 51.8 Å². The van der Waals surface area contributed by atoms with Crippen LogP contribution in [0.2, 0.25) is 0 Å². The predicted molar refractivity (Wildman–Crippen MR) is 108 cm³/mol. The van der Waals surface area contributed by atoms with Crippen LogP contribution in [0.25, 0.3) is 0 Å². The summed E-state index contributed by atoms with van der Waals surface area (Å²) in [5.74, 6) is 1.00. The lowest BCUT2D eigenvalue weighted by atomic mass is 9.67. The maximum Gasteiger partial charge on any atom is 0.220 e. The van der Waals surface area contributed by atoms with E-state index in [1.807, 2.05) is 0 Å². The van der Waals surface area contributed by atoms with Crippen molar-refractivity contribution in [2.24, 2.45) is 10.4 Å². The van der Waals surface area contributed by atoms with Crippen molar-refractivity contribution in [1.82, 2.24) is 16.0 Å². The molecule has 0 aromatic heterocycles. The highest BCUT2D eigenvalue weighted by Crippen LogP contribution is 2.43. The van der Waals surface area contributed by atoms with Gasteiger partial charge in [-0.2, -0.15) is 0 Å². The van der Waals surface area contributed by atoms with Crippen LogP contribution in [0.3, 0.4) is 0 Å². The second kappa shape index (κ2) is 11.1. The van der Waals surface area contributed by atoms with Crippen molar-refractivity contribution in [3.8, 4) is 0 Å². The van der Waals surface area contributed by atoms with E-state index in [9.17, 15) is 4.79 Å². The lowest BCUT2D eigenvalue weighted by molar-refractivity contribution is -0.121. The highest BCUT2D eigenvalue weighted by atomic mass is 127. The zero-order valence-corrected chi connectivity index (χ0v) is 17.4. The third-order valence-electron chi connectivity index (χ3n) is 4.92. The Kier molecular flexibility index (Phi) is 9.95. The molecule has 0 atom stereocenters. The Morgan fingerprint density at radius 2 is 2.04 bits per heavy atom. The minimum Gasteiger partial charge on any atom is -0.385 e. The van der Waals surface area contributed by atoms with Crippen molar-refractivity contribution in [2.75, 3.05) is 33.9 Å². The van der Waals surface area contributed by atoms with Gasteiger partial charge in [-0.15, -0.1) is 24.0 Å². The number of aliphatic imine (C=N–C) groups is 1. The number of nitrogens with zero attached hydrogens (tertiary/aromatic N) is 1. The van der Waals surface area contributed by atoms with E-state index in [1.165, 1.54) is 19.3 Å². The van der Waals surface area contributed by atoms with E-state index < -0.39 is 0 Å². The average molecular weight is 452 g/mol. The first-order chi connectivity index (χ1) is 11.2. The highest BCUT2D eigenvalue weighted by Gasteiger charge is 2.36. The number of carbonyl (C=O) groups excluding carboxylic acids is 1. The minimum absolute atomic E-state index is 0. The van der Waals surface area contributed by atoms with Gasteiger partial charge in [0.2, 0.25) is 5.91 Å². The Morgan fingerprint density at radius 3 is 2.58 bits per heavy atom. The Bertz CT molecular complexity index is 409. The number of guanidine groups is 1. The van der Waals surface area contributed by atoms with Crippen LogP contribution in [0.5, 0.6) is 0 Å². The van der Waals surface area contributed by atoms with Crippen LogP contribution < -0.4 is 16.0 Å². The van der Waals surface area contributed by atoms with Crippen LogP contribution >= 0.6 is 24.0 Å². The van der Waals surface area contributed by atoms with Gasteiger partial charge in [-0.1, -0.05) is 6.42 Å². The fourth-order valence-corrected chi connectivity index (χ4v) is 2.99. The molecule has 2 aliphatic carbocycles. The van der Waals surface area contributed by atoms with E-state index in [1.54, 1.807) is 14.2 Å². The number of hydrogen-bond donors (Lipinski definition) is 3. The Labute approximate surface area is 163 Å². The Morgan fingerprint density at radius 1 is 1.29 bits per heavy atom. The molecular formula is C17H33IN4O2. The summed E-state index contributed by atoms with van der Waals surface area (Å²) in [6.07, 6.45) is 8.65. The number of rotatable bonds is 10. The highest BCUT2D eigenvalue weighted by molar-refractivity contribution is 14.0. The molecule has 0 aliphatic heterocycles. The van der Waals surface area contributed by atoms with Crippen molar-refractivity contribution in [1.29, 1.82) is 0 Å². The zero-order chi connectivity index (χ0) is 16.5. The molecule has 0 heterocycles. The average Bonchev–Trinajstić information content (AvgIpc) is 3.31. The summed E-state index contributed by atoms with van der Waals surface area (Å²) in [5.41, 5.74) is 0.373. The Balaban J connectivity index is 0.00000288. The molecule has 0 bridgehead atoms. The number of carbonyl (C=O) groups is 1. The van der Waals surface area contributed by atoms with E-state index in [0.29, 0.717) is 17.9 Å². The molecule has 0 aromatic carbocycles. The van der Waals surface area contributed by atoms with Crippen LogP contribution in [0.4, 0.5) is 0 Å². The van der Waals surface area contributed by atoms with Gasteiger partial charge in [-0.3, -0.25) is 9.79 Å². The Hall–Kier alpha value is -0.570. The summed E-state index contributed by atoms with van der Waals surface area (Å²) in [7, 11) is 3.55. The molecule has 0 aromatic rings. The second-order valence-electron chi connectivity index (χ2n) is 6.89. The van der Waals surface area contributed by atoms with Gasteiger partial charge in [0.25, 0.3) is 0 Å². The molecule has 0 unspecified atom stereocenters. The third kappa shape index (κ3) is 7.55. The summed E-state index contributed by atoms with van der Waals surface area (Å²) >= 11 is 0. The van der Waals surface area contributed by atoms with E-state index in [-0.39, 0.29) is 29.9 Å². The van der Waals surface area contributed by atoms with Crippen molar-refractivity contribution < 1.29 is 9.53 Å². The van der Waals surface area contributed by atoms with Crippen molar-refractivity contribution in [2.45, 2.75) is 57.4 Å². The maximum atomic E-state index is 11.6. The molecular weight excluding hydrogens is 419 g/mol. The number of hydrogen-bond acceptors (Lipinski definition) is 3. The fraction of sp³-hybridized carbons (Fsp3) is 0.882. The molecule has 6 nitrogen and oxygen atoms in total. The summed E-state index contributed by atoms with van der Waals surface area (Å²) in [6.45, 7) is 2.53. The van der Waals surface area contributed by atoms with Crippen molar-refractivity contribution >= 4 is 35.8 Å². The third-order valence-corrected chi connectivity index (χ3v) is 4.92. The molecule has 0 radical (unpaired) electrons. The molecule has 7 heteroatoms. The normalized spacial score (nSPS) is 19.0. The first-order valence-electron chi connectivity index (χ1n) is 8.90. The van der Waals surface area contributed by atoms with E-state index in [0.717, 1.165) is 51.3 Å². The van der Waals surface area contributed by atoms with Crippen LogP contribution in [0.15, 0.2) is 4.99 Å². The molecule has 0 spiro atoms. The van der Waals surface area contributed by atoms with Gasteiger partial charge in [-0.05, 0) is 43.9 Å². The van der Waals surface area contributed by atoms with Gasteiger partial charge in [0.1, 0.15) is 0 Å². The summed E-state index contributed by atoms with van der Waals surface area (Å²) in [6, 6.07) is 0.454. The van der Waals surface area contributed by atoms with Gasteiger partial charge >= 0.3 is 0 Å². The molecule has 0 saturated heterocycles. The standard InChI is InChI=1S/C17H32N4O2.HI/c1-18-16(19-11-3-5-15(22)21-14-6-7-14)20-13-17(8-4-9-17)10-12-23-2;/h14H,3-13H2,1-2H3,(H,21,22)(H2,18,19,20);1H. The maximum absolute atomic E-state index is 11.6. The quantitative estimate of drug-likeness (QED) is 0.205. The molecule has 1 amide bonds. The molecule has 2 saturated carbocycles. The number of halogens is 1. The van der Waals surface area contributed by atoms with Gasteiger partial charge in [0, 0.05) is 46.3 Å². The van der Waals surface area contributed by atoms with Crippen LogP contribution in [-0.2, 0) is 9.53 Å². The second-order valence-corrected chi connectivity index (χ2v) is 6.89. The van der Waals surface area contributed by atoms with Crippen LogP contribution in [0, 0.1) is 5.41 Å². The molecule has 3 N–H and O–H groups in total. The molecule has 2 aliphatic rings. The predicted octanol–water partition coefficient (Wildman–Crippen LogP) is 2.03. The SMILES string of the molecule is CN=C(NCCCC(=O)NC1CC1)NCC1(CCOC)CCC1.I. The first-order valence-corrected chi connectivity index (χ1v) is 8.90. The number of amides is 1. The minimum atomic E-state index is 0. The summed E-state index contributed by atoms with van der Waals surface area (Å²) in [4.78, 5) is 15.9. The number of ether oxygens (including phenoxy) is 1. The summed E-state index contributed by atoms with van der Waals surface area (Å²) in [5, 5.41) is 9.74. The summed E-state index contributed by atoms with van der Waals surface area (Å²) < 4.78 is 5.23. The van der Waals surface area contributed by atoms with Crippen molar-refractivity contribution in [3.05, 3.63) is 0 Å². The smallest absolute Gasteiger partial charge is 0.220 e. The van der Waals surface area contributed by atoms with Gasteiger partial charge in [-0.25, -0.2) is 0 Å². The fourth-order valence-electron chi connectivity index (χ4n) is 2.99. The molecule has 24 heavy (non-hydrogen) atoms. The van der Waals surface area contributed by atoms with E-state index >= 15 is 0 Å². The van der Waals surface area contributed by atoms with Crippen LogP contribution in [0.1, 0.15) is 51.4 Å².